The van der Waals surface area contributed by atoms with Gasteiger partial charge in [-0.1, -0.05) is 42.5 Å². The highest BCUT2D eigenvalue weighted by atomic mass is 15.1. The SMILES string of the molecule is NCCCN1CCC(c2ccc3ccccc3c2)CC1. The molecule has 0 unspecified atom stereocenters. The number of hydrogen-bond donors (Lipinski definition) is 1. The molecule has 0 bridgehead atoms. The molecule has 0 aliphatic carbocycles. The van der Waals surface area contributed by atoms with E-state index in [1.807, 2.05) is 0 Å². The molecule has 2 aromatic carbocycles. The van der Waals surface area contributed by atoms with E-state index in [1.54, 1.807) is 0 Å². The van der Waals surface area contributed by atoms with Crippen molar-refractivity contribution in [3.05, 3.63) is 48.0 Å². The molecule has 0 atom stereocenters. The molecule has 0 aromatic heterocycles. The zero-order valence-corrected chi connectivity index (χ0v) is 12.1. The largest absolute Gasteiger partial charge is 0.330 e. The summed E-state index contributed by atoms with van der Waals surface area (Å²) in [6.45, 7) is 4.42. The molecule has 2 heteroatoms. The van der Waals surface area contributed by atoms with E-state index in [4.69, 9.17) is 5.73 Å². The summed E-state index contributed by atoms with van der Waals surface area (Å²) in [6, 6.07) is 15.6. The molecule has 106 valence electrons. The van der Waals surface area contributed by atoms with Crippen LogP contribution in [-0.2, 0) is 0 Å². The third-order valence-electron chi connectivity index (χ3n) is 4.51. The molecule has 2 aromatic rings. The Hall–Kier alpha value is -1.38. The van der Waals surface area contributed by atoms with E-state index in [0.29, 0.717) is 0 Å². The van der Waals surface area contributed by atoms with Gasteiger partial charge in [0.2, 0.25) is 0 Å². The van der Waals surface area contributed by atoms with Crippen LogP contribution in [0.3, 0.4) is 0 Å². The Morgan fingerprint density at radius 2 is 1.75 bits per heavy atom. The van der Waals surface area contributed by atoms with E-state index in [2.05, 4.69) is 47.4 Å². The zero-order chi connectivity index (χ0) is 13.8. The molecule has 3 rings (SSSR count). The van der Waals surface area contributed by atoms with Crippen LogP contribution in [0, 0.1) is 0 Å². The van der Waals surface area contributed by atoms with Crippen molar-refractivity contribution in [3.8, 4) is 0 Å². The fraction of sp³-hybridized carbons (Fsp3) is 0.444. The summed E-state index contributed by atoms with van der Waals surface area (Å²) < 4.78 is 0. The maximum absolute atomic E-state index is 5.59. The van der Waals surface area contributed by atoms with E-state index >= 15 is 0 Å². The summed E-state index contributed by atoms with van der Waals surface area (Å²) in [5, 5.41) is 2.71. The number of rotatable bonds is 4. The lowest BCUT2D eigenvalue weighted by Crippen LogP contribution is -2.34. The second kappa shape index (κ2) is 6.38. The first kappa shape index (κ1) is 13.6. The lowest BCUT2D eigenvalue weighted by atomic mass is 9.88. The van der Waals surface area contributed by atoms with Crippen LogP contribution in [0.5, 0.6) is 0 Å². The van der Waals surface area contributed by atoms with Gasteiger partial charge < -0.3 is 10.6 Å². The quantitative estimate of drug-likeness (QED) is 0.921. The monoisotopic (exact) mass is 268 g/mol. The van der Waals surface area contributed by atoms with Crippen LogP contribution >= 0.6 is 0 Å². The average molecular weight is 268 g/mol. The van der Waals surface area contributed by atoms with Gasteiger partial charge in [-0.15, -0.1) is 0 Å². The van der Waals surface area contributed by atoms with Crippen LogP contribution < -0.4 is 5.73 Å². The smallest absolute Gasteiger partial charge is 0.000671 e. The molecular formula is C18H24N2. The third-order valence-corrected chi connectivity index (χ3v) is 4.51. The summed E-state index contributed by atoms with van der Waals surface area (Å²) in [4.78, 5) is 2.56. The fourth-order valence-electron chi connectivity index (χ4n) is 3.27. The number of likely N-dealkylation sites (tertiary alicyclic amines) is 1. The fourth-order valence-corrected chi connectivity index (χ4v) is 3.27. The minimum atomic E-state index is 0.730. The number of nitrogens with zero attached hydrogens (tertiary/aromatic N) is 1. The number of benzene rings is 2. The first-order valence-corrected chi connectivity index (χ1v) is 7.78. The number of nitrogens with two attached hydrogens (primary N) is 1. The van der Waals surface area contributed by atoms with Gasteiger partial charge in [-0.3, -0.25) is 0 Å². The molecule has 1 fully saturated rings. The maximum Gasteiger partial charge on any atom is -0.000671 e. The van der Waals surface area contributed by atoms with Crippen molar-refractivity contribution in [1.29, 1.82) is 0 Å². The Morgan fingerprint density at radius 3 is 2.50 bits per heavy atom. The Labute approximate surface area is 121 Å². The van der Waals surface area contributed by atoms with Crippen LogP contribution in [0.2, 0.25) is 0 Å². The number of fused-ring (bicyclic) bond motifs is 1. The molecule has 0 radical (unpaired) electrons. The molecule has 2 nitrogen and oxygen atoms in total. The van der Waals surface area contributed by atoms with Gasteiger partial charge in [0.05, 0.1) is 0 Å². The van der Waals surface area contributed by atoms with Gasteiger partial charge in [-0.2, -0.15) is 0 Å². The Kier molecular flexibility index (Phi) is 4.34. The van der Waals surface area contributed by atoms with E-state index in [-0.39, 0.29) is 0 Å². The first-order chi connectivity index (χ1) is 9.86. The van der Waals surface area contributed by atoms with Gasteiger partial charge >= 0.3 is 0 Å². The van der Waals surface area contributed by atoms with Gasteiger partial charge in [0.1, 0.15) is 0 Å². The van der Waals surface area contributed by atoms with E-state index in [0.717, 1.165) is 18.9 Å². The van der Waals surface area contributed by atoms with Gasteiger partial charge in [0.15, 0.2) is 0 Å². The summed E-state index contributed by atoms with van der Waals surface area (Å²) >= 11 is 0. The second-order valence-electron chi connectivity index (χ2n) is 5.86. The van der Waals surface area contributed by atoms with Crippen molar-refractivity contribution in [2.24, 2.45) is 5.73 Å². The number of piperidine rings is 1. The molecule has 0 saturated carbocycles. The molecule has 2 N–H and O–H groups in total. The van der Waals surface area contributed by atoms with Crippen LogP contribution in [0.15, 0.2) is 42.5 Å². The zero-order valence-electron chi connectivity index (χ0n) is 12.1. The molecule has 1 aliphatic rings. The lowest BCUT2D eigenvalue weighted by molar-refractivity contribution is 0.211. The molecule has 20 heavy (non-hydrogen) atoms. The highest BCUT2D eigenvalue weighted by Crippen LogP contribution is 2.30. The number of hydrogen-bond acceptors (Lipinski definition) is 2. The first-order valence-electron chi connectivity index (χ1n) is 7.78. The van der Waals surface area contributed by atoms with Crippen molar-refractivity contribution >= 4 is 10.8 Å². The predicted molar refractivity (Wildman–Crippen MR) is 86.0 cm³/mol. The summed E-state index contributed by atoms with van der Waals surface area (Å²) in [5.41, 5.74) is 7.11. The molecule has 1 aliphatic heterocycles. The summed E-state index contributed by atoms with van der Waals surface area (Å²) in [6.07, 6.45) is 3.69. The van der Waals surface area contributed by atoms with Crippen molar-refractivity contribution in [2.45, 2.75) is 25.2 Å². The van der Waals surface area contributed by atoms with E-state index in [9.17, 15) is 0 Å². The Balaban J connectivity index is 1.67. The van der Waals surface area contributed by atoms with Crippen LogP contribution in [0.25, 0.3) is 10.8 Å². The molecule has 0 spiro atoms. The highest BCUT2D eigenvalue weighted by molar-refractivity contribution is 5.83. The van der Waals surface area contributed by atoms with Gasteiger partial charge in [-0.05, 0) is 67.7 Å². The van der Waals surface area contributed by atoms with Gasteiger partial charge in [0.25, 0.3) is 0 Å². The van der Waals surface area contributed by atoms with Gasteiger partial charge in [-0.25, -0.2) is 0 Å². The molecule has 0 amide bonds. The standard InChI is InChI=1S/C18H24N2/c19-10-3-11-20-12-8-16(9-13-20)18-7-6-15-4-1-2-5-17(15)14-18/h1-2,4-7,14,16H,3,8-13,19H2. The Morgan fingerprint density at radius 1 is 1.00 bits per heavy atom. The lowest BCUT2D eigenvalue weighted by Gasteiger charge is -2.32. The normalized spacial score (nSPS) is 17.6. The third kappa shape index (κ3) is 3.02. The van der Waals surface area contributed by atoms with E-state index < -0.39 is 0 Å². The van der Waals surface area contributed by atoms with E-state index in [1.165, 1.54) is 48.8 Å². The topological polar surface area (TPSA) is 29.3 Å². The average Bonchev–Trinajstić information content (AvgIpc) is 2.53. The molecule has 1 heterocycles. The Bertz CT molecular complexity index is 556. The summed E-state index contributed by atoms with van der Waals surface area (Å²) in [7, 11) is 0. The van der Waals surface area contributed by atoms with Crippen molar-refractivity contribution in [3.63, 3.8) is 0 Å². The summed E-state index contributed by atoms with van der Waals surface area (Å²) in [5.74, 6) is 0.730. The second-order valence-corrected chi connectivity index (χ2v) is 5.86. The van der Waals surface area contributed by atoms with Crippen LogP contribution in [0.4, 0.5) is 0 Å². The molecular weight excluding hydrogens is 244 g/mol. The maximum atomic E-state index is 5.59. The predicted octanol–water partition coefficient (Wildman–Crippen LogP) is 3.37. The van der Waals surface area contributed by atoms with Crippen molar-refractivity contribution < 1.29 is 0 Å². The minimum absolute atomic E-state index is 0.730. The highest BCUT2D eigenvalue weighted by Gasteiger charge is 2.20. The van der Waals surface area contributed by atoms with Crippen molar-refractivity contribution in [1.82, 2.24) is 4.90 Å². The minimum Gasteiger partial charge on any atom is -0.330 e. The van der Waals surface area contributed by atoms with Crippen LogP contribution in [-0.4, -0.2) is 31.1 Å². The van der Waals surface area contributed by atoms with Crippen molar-refractivity contribution in [2.75, 3.05) is 26.2 Å². The molecule has 1 saturated heterocycles. The van der Waals surface area contributed by atoms with Gasteiger partial charge in [0, 0.05) is 0 Å². The van der Waals surface area contributed by atoms with Crippen LogP contribution in [0.1, 0.15) is 30.7 Å².